The van der Waals surface area contributed by atoms with Crippen LogP contribution in [0.2, 0.25) is 0 Å². The first-order valence-corrected chi connectivity index (χ1v) is 33.6. The number of nitrogens with one attached hydrogen (secondary N) is 1. The van der Waals surface area contributed by atoms with Crippen molar-refractivity contribution in [1.29, 1.82) is 0 Å². The maximum atomic E-state index is 12.3. The number of piperazine rings is 3. The molecule has 3 saturated heterocycles. The second-order valence-electron chi connectivity index (χ2n) is 22.6. The number of benzene rings is 6. The van der Waals surface area contributed by atoms with Crippen molar-refractivity contribution in [2.45, 2.75) is 26.4 Å². The number of para-hydroxylation sites is 3. The molecule has 0 spiro atoms. The fourth-order valence-electron chi connectivity index (χ4n) is 9.85. The Morgan fingerprint density at radius 2 is 0.732 bits per heavy atom. The summed E-state index contributed by atoms with van der Waals surface area (Å²) in [5.41, 5.74) is 20.5. The van der Waals surface area contributed by atoms with Gasteiger partial charge in [0.2, 0.25) is 11.1 Å². The van der Waals surface area contributed by atoms with E-state index in [0.29, 0.717) is 101 Å². The molecule has 0 aliphatic carbocycles. The van der Waals surface area contributed by atoms with Crippen LogP contribution in [0.1, 0.15) is 49.8 Å². The fraction of sp³-hybridized carbons (Fsp3) is 0.225. The van der Waals surface area contributed by atoms with Gasteiger partial charge in [0.15, 0.2) is 15.4 Å². The SMILES string of the molecule is C=CC(=O)Cl.C=CC(=O)N1CCN(c2nc(-c3ccc(Oc4ccccc4)cc3)c(C(N)=O)s2)CC1.CC(C)(C)OC(=O)N1CCN(c2nc(-c3ccc(Oc4ccccc4)cc3)c(C(N)=O)s2)CC1.NC(=O)c1sc(N2CCNCC2)nc1-c1ccc(Oc2ccccc2)cc1. The quantitative estimate of drug-likeness (QED) is 0.0487. The van der Waals surface area contributed by atoms with Crippen molar-refractivity contribution in [3.63, 3.8) is 0 Å². The molecule has 12 rings (SSSR count). The first kappa shape index (κ1) is 70.9. The van der Waals surface area contributed by atoms with Gasteiger partial charge in [0.05, 0.1) is 17.1 Å². The summed E-state index contributed by atoms with van der Waals surface area (Å²) in [4.78, 5) is 95.0. The lowest BCUT2D eigenvalue weighted by atomic mass is 10.1. The van der Waals surface area contributed by atoms with Gasteiger partial charge in [0.1, 0.15) is 54.7 Å². The number of aromatic nitrogens is 3. The number of nitrogens with zero attached hydrogens (tertiary/aromatic N) is 8. The zero-order valence-corrected chi connectivity index (χ0v) is 56.8. The summed E-state index contributed by atoms with van der Waals surface area (Å²) < 4.78 is 23.0. The summed E-state index contributed by atoms with van der Waals surface area (Å²) in [5.74, 6) is 2.81. The Morgan fingerprint density at radius 3 is 1.01 bits per heavy atom. The summed E-state index contributed by atoms with van der Waals surface area (Å²) in [6.45, 7) is 20.4. The van der Waals surface area contributed by atoms with Crippen molar-refractivity contribution in [1.82, 2.24) is 30.1 Å². The number of ether oxygens (including phenoxy) is 4. The van der Waals surface area contributed by atoms with E-state index in [0.717, 1.165) is 82.2 Å². The van der Waals surface area contributed by atoms with E-state index >= 15 is 0 Å². The third kappa shape index (κ3) is 20.1. The molecule has 3 aliphatic heterocycles. The number of carbonyl (C=O) groups is 6. The summed E-state index contributed by atoms with van der Waals surface area (Å²) in [5, 5.41) is 5.07. The lowest BCUT2D eigenvalue weighted by Crippen LogP contribution is -2.50. The Labute approximate surface area is 579 Å². The molecule has 7 N–H and O–H groups in total. The lowest BCUT2D eigenvalue weighted by Gasteiger charge is -2.35. The standard InChI is InChI=1S/C25H28N4O4S.C23H22N4O3S.C20H20N4O2S.C3H3ClO/c1-25(2,3)33-24(31)29-15-13-28(14-16-29)23-27-20(21(34-23)22(26)30)17-9-11-19(12-10-17)32-18-7-5-4-6-8-18;1-2-19(28)26-12-14-27(15-13-26)23-25-20(21(31-23)22(24)29)16-8-10-18(11-9-16)30-17-6-4-3-5-7-17;21-19(25)18-17(23-20(27-18)24-12-10-22-11-13-24)14-6-8-16(9-7-14)26-15-4-2-1-3-5-15;1-2-3(4)5/h4-12H,13-16H2,1-3H3,(H2,26,30);2-11H,1,12-15H2,(H2,24,29);1-9,22H,10-13H2,(H2,21,25);2H,1H2. The molecule has 3 aliphatic rings. The largest absolute Gasteiger partial charge is 0.457 e. The molecule has 22 nitrogen and oxygen atoms in total. The summed E-state index contributed by atoms with van der Waals surface area (Å²) >= 11 is 8.61. The zero-order valence-electron chi connectivity index (χ0n) is 53.6. The molecule has 3 aromatic heterocycles. The van der Waals surface area contributed by atoms with Crippen LogP contribution < -0.4 is 51.4 Å². The fourth-order valence-corrected chi connectivity index (χ4v) is 12.8. The average Bonchev–Trinajstić information content (AvgIpc) is 1.69. The molecule has 0 saturated carbocycles. The van der Waals surface area contributed by atoms with Crippen LogP contribution in [-0.2, 0) is 14.3 Å². The van der Waals surface area contributed by atoms with Gasteiger partial charge in [-0.2, -0.15) is 0 Å². The highest BCUT2D eigenvalue weighted by molar-refractivity contribution is 7.18. The molecule has 9 aromatic rings. The highest BCUT2D eigenvalue weighted by Gasteiger charge is 2.30. The molecular formula is C71H73ClN12O10S3. The average molecular weight is 1390 g/mol. The van der Waals surface area contributed by atoms with Crippen LogP contribution in [0.15, 0.2) is 189 Å². The van der Waals surface area contributed by atoms with E-state index < -0.39 is 28.6 Å². The van der Waals surface area contributed by atoms with Crippen molar-refractivity contribution >= 4 is 96.0 Å². The molecule has 6 aromatic carbocycles. The minimum atomic E-state index is -0.531. The van der Waals surface area contributed by atoms with Crippen molar-refractivity contribution in [3.05, 3.63) is 204 Å². The number of anilines is 3. The molecule has 3 fully saturated rings. The molecule has 502 valence electrons. The lowest BCUT2D eigenvalue weighted by molar-refractivity contribution is -0.126. The van der Waals surface area contributed by atoms with E-state index in [1.54, 1.807) is 9.80 Å². The third-order valence-electron chi connectivity index (χ3n) is 14.6. The van der Waals surface area contributed by atoms with E-state index in [-0.39, 0.29) is 12.0 Å². The minimum Gasteiger partial charge on any atom is -0.457 e. The Morgan fingerprint density at radius 1 is 0.443 bits per heavy atom. The molecular weight excluding hydrogens is 1310 g/mol. The molecule has 97 heavy (non-hydrogen) atoms. The van der Waals surface area contributed by atoms with Gasteiger partial charge in [-0.05, 0) is 154 Å². The van der Waals surface area contributed by atoms with Gasteiger partial charge in [-0.3, -0.25) is 24.0 Å². The number of hydrogen-bond acceptors (Lipinski definition) is 20. The molecule has 26 heteroatoms. The van der Waals surface area contributed by atoms with Gasteiger partial charge in [0, 0.05) is 95.2 Å². The van der Waals surface area contributed by atoms with Crippen LogP contribution in [0.4, 0.5) is 20.2 Å². The normalized spacial score (nSPS) is 13.6. The number of allylic oxidation sites excluding steroid dienone is 1. The predicted molar refractivity (Wildman–Crippen MR) is 383 cm³/mol. The van der Waals surface area contributed by atoms with Crippen LogP contribution >= 0.6 is 45.6 Å². The van der Waals surface area contributed by atoms with Gasteiger partial charge in [-0.25, -0.2) is 19.7 Å². The predicted octanol–water partition coefficient (Wildman–Crippen LogP) is 12.3. The smallest absolute Gasteiger partial charge is 0.410 e. The Bertz CT molecular complexity index is 4150. The molecule has 0 atom stereocenters. The van der Waals surface area contributed by atoms with E-state index in [2.05, 4.69) is 33.2 Å². The Kier molecular flexibility index (Phi) is 24.7. The maximum absolute atomic E-state index is 12.3. The molecule has 0 bridgehead atoms. The van der Waals surface area contributed by atoms with Crippen molar-refractivity contribution < 1.29 is 47.7 Å². The van der Waals surface area contributed by atoms with E-state index in [1.165, 1.54) is 40.1 Å². The van der Waals surface area contributed by atoms with Crippen LogP contribution in [0.5, 0.6) is 34.5 Å². The number of nitrogens with two attached hydrogens (primary N) is 3. The first-order chi connectivity index (χ1) is 46.7. The number of halogens is 1. The van der Waals surface area contributed by atoms with Crippen LogP contribution in [0.3, 0.4) is 0 Å². The van der Waals surface area contributed by atoms with Gasteiger partial charge in [-0.1, -0.05) is 102 Å². The number of rotatable bonds is 17. The molecule has 0 radical (unpaired) electrons. The molecule has 0 unspecified atom stereocenters. The molecule has 5 amide bonds. The van der Waals surface area contributed by atoms with Gasteiger partial charge in [-0.15, -0.1) is 0 Å². The monoisotopic (exact) mass is 1380 g/mol. The Balaban J connectivity index is 0.000000165. The summed E-state index contributed by atoms with van der Waals surface area (Å²) in [7, 11) is 0. The summed E-state index contributed by atoms with van der Waals surface area (Å²) in [6, 6.07) is 51.0. The minimum absolute atomic E-state index is 0.0740. The second kappa shape index (κ2) is 33.8. The second-order valence-corrected chi connectivity index (χ2v) is 26.0. The highest BCUT2D eigenvalue weighted by Crippen LogP contribution is 2.38. The number of hydrogen-bond donors (Lipinski definition) is 4. The van der Waals surface area contributed by atoms with E-state index in [9.17, 15) is 28.8 Å². The van der Waals surface area contributed by atoms with Crippen LogP contribution in [0, 0.1) is 0 Å². The topological polar surface area (TPSA) is 284 Å². The van der Waals surface area contributed by atoms with E-state index in [1.807, 2.05) is 185 Å². The van der Waals surface area contributed by atoms with Crippen molar-refractivity contribution in [2.24, 2.45) is 17.2 Å². The van der Waals surface area contributed by atoms with Gasteiger partial charge in [0.25, 0.3) is 17.7 Å². The van der Waals surface area contributed by atoms with Crippen LogP contribution in [-0.4, -0.2) is 144 Å². The Hall–Kier alpha value is -10.4. The van der Waals surface area contributed by atoms with Gasteiger partial charge < -0.3 is 66.0 Å². The van der Waals surface area contributed by atoms with Gasteiger partial charge >= 0.3 is 6.09 Å². The number of primary amides is 3. The highest BCUT2D eigenvalue weighted by atomic mass is 35.5. The summed E-state index contributed by atoms with van der Waals surface area (Å²) in [6.07, 6.45) is 2.05. The third-order valence-corrected chi connectivity index (χ3v) is 18.2. The van der Waals surface area contributed by atoms with Crippen molar-refractivity contribution in [2.75, 3.05) is 93.2 Å². The zero-order chi connectivity index (χ0) is 69.0. The first-order valence-electron chi connectivity index (χ1n) is 30.8. The van der Waals surface area contributed by atoms with E-state index in [4.69, 9.17) is 62.7 Å². The molecule has 6 heterocycles. The van der Waals surface area contributed by atoms with Crippen molar-refractivity contribution in [3.8, 4) is 68.3 Å². The number of carbonyl (C=O) groups excluding carboxylic acids is 6. The number of thiazole rings is 3. The van der Waals surface area contributed by atoms with Crippen LogP contribution in [0.25, 0.3) is 33.8 Å². The maximum Gasteiger partial charge on any atom is 0.410 e. The number of amides is 5.